The van der Waals surface area contributed by atoms with Gasteiger partial charge in [-0.25, -0.2) is 0 Å². The van der Waals surface area contributed by atoms with Gasteiger partial charge in [0.2, 0.25) is 0 Å². The maximum absolute atomic E-state index is 11.9. The summed E-state index contributed by atoms with van der Waals surface area (Å²) in [7, 11) is 1.65. The summed E-state index contributed by atoms with van der Waals surface area (Å²) in [5.74, 6) is 1.28. The van der Waals surface area contributed by atoms with Crippen LogP contribution >= 0.6 is 15.9 Å². The van der Waals surface area contributed by atoms with Crippen LogP contribution in [-0.4, -0.2) is 22.7 Å². The van der Waals surface area contributed by atoms with E-state index in [0.29, 0.717) is 15.4 Å². The van der Waals surface area contributed by atoms with Crippen LogP contribution in [0.3, 0.4) is 0 Å². The van der Waals surface area contributed by atoms with Gasteiger partial charge in [-0.2, -0.15) is 0 Å². The molecule has 0 amide bonds. The lowest BCUT2D eigenvalue weighted by molar-refractivity contribution is -0.760. The average molecular weight is 340 g/mol. The molecule has 108 valence electrons. The molecule has 1 aliphatic heterocycles. The molecule has 1 aromatic rings. The lowest BCUT2D eigenvalue weighted by atomic mass is 9.75. The maximum Gasteiger partial charge on any atom is 0.293 e. The van der Waals surface area contributed by atoms with Crippen molar-refractivity contribution in [1.82, 2.24) is 0 Å². The molecule has 2 aliphatic rings. The monoisotopic (exact) mass is 339 g/mol. The zero-order valence-corrected chi connectivity index (χ0v) is 13.0. The lowest BCUT2D eigenvalue weighted by Crippen LogP contribution is -2.43. The topological polar surface area (TPSA) is 44.5 Å². The zero-order chi connectivity index (χ0) is 14.1. The molecule has 1 fully saturated rings. The van der Waals surface area contributed by atoms with Crippen molar-refractivity contribution in [2.24, 2.45) is 5.92 Å². The van der Waals surface area contributed by atoms with Crippen LogP contribution in [0, 0.1) is 11.1 Å². The Morgan fingerprint density at radius 3 is 2.65 bits per heavy atom. The average Bonchev–Trinajstić information content (AvgIpc) is 2.49. The molecule has 0 bridgehead atoms. The number of hydrogen-bond acceptors (Lipinski definition) is 3. The van der Waals surface area contributed by atoms with Crippen molar-refractivity contribution in [1.29, 1.82) is 0 Å². The van der Waals surface area contributed by atoms with Crippen molar-refractivity contribution in [3.63, 3.8) is 0 Å². The third kappa shape index (κ3) is 2.39. The van der Waals surface area contributed by atoms with Crippen LogP contribution in [0.5, 0.6) is 5.75 Å². The van der Waals surface area contributed by atoms with Crippen molar-refractivity contribution < 1.29 is 14.5 Å². The van der Waals surface area contributed by atoms with Crippen LogP contribution < -0.4 is 4.74 Å². The summed E-state index contributed by atoms with van der Waals surface area (Å²) in [6.07, 6.45) is 4.45. The highest BCUT2D eigenvalue weighted by Gasteiger charge is 2.43. The van der Waals surface area contributed by atoms with Gasteiger partial charge >= 0.3 is 0 Å². The van der Waals surface area contributed by atoms with Crippen molar-refractivity contribution in [2.75, 3.05) is 7.11 Å². The standard InChI is InChI=1S/C15H18BrNO3/c1-19-11-8-6-10(7-9-11)14-12-4-2-3-5-13(12)20-17(18)15(14)16/h6-9,12-14H,2-5H2,1H3/t12-,13+,14+/m1/s1. The van der Waals surface area contributed by atoms with Gasteiger partial charge in [0.15, 0.2) is 0 Å². The van der Waals surface area contributed by atoms with Gasteiger partial charge in [-0.15, -0.1) is 0 Å². The van der Waals surface area contributed by atoms with Crippen LogP contribution in [-0.2, 0) is 4.84 Å². The molecule has 1 heterocycles. The molecule has 3 rings (SSSR count). The van der Waals surface area contributed by atoms with E-state index in [2.05, 4.69) is 15.9 Å². The van der Waals surface area contributed by atoms with Gasteiger partial charge in [-0.1, -0.05) is 25.0 Å². The van der Waals surface area contributed by atoms with E-state index in [1.807, 2.05) is 24.3 Å². The molecule has 1 saturated carbocycles. The second-order valence-corrected chi connectivity index (χ2v) is 6.24. The van der Waals surface area contributed by atoms with Crippen LogP contribution in [0.2, 0.25) is 0 Å². The second-order valence-electron chi connectivity index (χ2n) is 5.42. The molecule has 5 heteroatoms. The molecule has 1 aliphatic carbocycles. The van der Waals surface area contributed by atoms with Gasteiger partial charge in [0.1, 0.15) is 5.75 Å². The van der Waals surface area contributed by atoms with E-state index in [-0.39, 0.29) is 12.0 Å². The van der Waals surface area contributed by atoms with Gasteiger partial charge in [0.25, 0.3) is 4.62 Å². The molecule has 1 aromatic carbocycles. The normalized spacial score (nSPS) is 29.6. The summed E-state index contributed by atoms with van der Waals surface area (Å²) in [5, 5.41) is 11.9. The number of hydrogen-bond donors (Lipinski definition) is 0. The minimum absolute atomic E-state index is 0.0367. The van der Waals surface area contributed by atoms with E-state index in [0.717, 1.165) is 30.6 Å². The predicted octanol–water partition coefficient (Wildman–Crippen LogP) is 3.59. The number of methoxy groups -OCH3 is 1. The third-order valence-electron chi connectivity index (χ3n) is 4.32. The molecule has 0 radical (unpaired) electrons. The Kier molecular flexibility index (Phi) is 3.87. The smallest absolute Gasteiger partial charge is 0.293 e. The SMILES string of the molecule is COc1ccc([C@@H]2C(Br)=[N+]([O-])O[C@H]3CCCC[C@H]32)cc1. The molecule has 0 aromatic heterocycles. The Bertz CT molecular complexity index is 514. The van der Waals surface area contributed by atoms with Crippen LogP contribution in [0.4, 0.5) is 0 Å². The first-order valence-electron chi connectivity index (χ1n) is 7.01. The van der Waals surface area contributed by atoms with Gasteiger partial charge in [-0.3, -0.25) is 5.21 Å². The summed E-state index contributed by atoms with van der Waals surface area (Å²) in [4.78, 5) is 6.12. The third-order valence-corrected chi connectivity index (χ3v) is 5.10. The molecule has 0 saturated heterocycles. The fourth-order valence-electron chi connectivity index (χ4n) is 3.30. The van der Waals surface area contributed by atoms with E-state index >= 15 is 0 Å². The second kappa shape index (κ2) is 5.64. The quantitative estimate of drug-likeness (QED) is 0.773. The van der Waals surface area contributed by atoms with Crippen molar-refractivity contribution in [2.45, 2.75) is 37.7 Å². The van der Waals surface area contributed by atoms with Crippen LogP contribution in [0.15, 0.2) is 24.3 Å². The molecular formula is C15H18BrNO3. The van der Waals surface area contributed by atoms with Gasteiger partial charge < -0.3 is 9.57 Å². The van der Waals surface area contributed by atoms with E-state index < -0.39 is 0 Å². The zero-order valence-electron chi connectivity index (χ0n) is 11.4. The van der Waals surface area contributed by atoms with Gasteiger partial charge in [0.05, 0.1) is 19.1 Å². The summed E-state index contributed by atoms with van der Waals surface area (Å²) < 4.78 is 5.77. The minimum Gasteiger partial charge on any atom is -0.497 e. The number of benzene rings is 1. The number of halogens is 1. The van der Waals surface area contributed by atoms with Crippen molar-refractivity contribution in [3.05, 3.63) is 35.0 Å². The van der Waals surface area contributed by atoms with Crippen molar-refractivity contribution >= 4 is 20.6 Å². The Morgan fingerprint density at radius 1 is 1.25 bits per heavy atom. The van der Waals surface area contributed by atoms with Gasteiger partial charge in [0, 0.05) is 20.8 Å². The highest BCUT2D eigenvalue weighted by atomic mass is 79.9. The van der Waals surface area contributed by atoms with Crippen molar-refractivity contribution in [3.8, 4) is 5.75 Å². The summed E-state index contributed by atoms with van der Waals surface area (Å²) in [6, 6.07) is 7.96. The molecule has 20 heavy (non-hydrogen) atoms. The largest absolute Gasteiger partial charge is 0.497 e. The number of fused-ring (bicyclic) bond motifs is 1. The summed E-state index contributed by atoms with van der Waals surface area (Å²) in [5.41, 5.74) is 1.14. The number of ether oxygens (including phenoxy) is 1. The molecule has 0 spiro atoms. The molecular weight excluding hydrogens is 322 g/mol. The molecule has 4 nitrogen and oxygen atoms in total. The first-order valence-corrected chi connectivity index (χ1v) is 7.80. The Morgan fingerprint density at radius 2 is 1.95 bits per heavy atom. The predicted molar refractivity (Wildman–Crippen MR) is 80.1 cm³/mol. The lowest BCUT2D eigenvalue weighted by Gasteiger charge is -2.40. The van der Waals surface area contributed by atoms with Crippen LogP contribution in [0.25, 0.3) is 0 Å². The molecule has 0 N–H and O–H groups in total. The fraction of sp³-hybridized carbons (Fsp3) is 0.533. The Hall–Kier alpha value is -1.23. The van der Waals surface area contributed by atoms with E-state index in [1.54, 1.807) is 7.11 Å². The minimum atomic E-state index is 0.0367. The van der Waals surface area contributed by atoms with E-state index in [9.17, 15) is 5.21 Å². The number of nitrogens with zero attached hydrogens (tertiary/aromatic N) is 1. The van der Waals surface area contributed by atoms with E-state index in [1.165, 1.54) is 6.42 Å². The summed E-state index contributed by atoms with van der Waals surface area (Å²) in [6.45, 7) is 0. The van der Waals surface area contributed by atoms with Crippen LogP contribution in [0.1, 0.15) is 37.2 Å². The van der Waals surface area contributed by atoms with E-state index in [4.69, 9.17) is 9.57 Å². The highest BCUT2D eigenvalue weighted by molar-refractivity contribution is 9.18. The Labute approximate surface area is 127 Å². The first-order chi connectivity index (χ1) is 9.70. The number of rotatable bonds is 2. The first kappa shape index (κ1) is 13.7. The fourth-order valence-corrected chi connectivity index (χ4v) is 3.98. The maximum atomic E-state index is 11.9. The summed E-state index contributed by atoms with van der Waals surface area (Å²) >= 11 is 3.43. The molecule has 0 unspecified atom stereocenters. The van der Waals surface area contributed by atoms with Gasteiger partial charge in [-0.05, 0) is 36.5 Å². The highest BCUT2D eigenvalue weighted by Crippen LogP contribution is 2.42. The Balaban J connectivity index is 1.96. The molecule has 3 atom stereocenters.